The lowest BCUT2D eigenvalue weighted by atomic mass is 10.3. The molecular weight excluding hydrogens is 208 g/mol. The summed E-state index contributed by atoms with van der Waals surface area (Å²) in [5.74, 6) is 0.186. The van der Waals surface area contributed by atoms with Crippen LogP contribution in [-0.2, 0) is 0 Å². The Morgan fingerprint density at radius 3 is 2.93 bits per heavy atom. The van der Waals surface area contributed by atoms with E-state index in [2.05, 4.69) is 5.32 Å². The lowest BCUT2D eigenvalue weighted by molar-refractivity contribution is 0.0794. The van der Waals surface area contributed by atoms with Crippen LogP contribution in [0.4, 0.5) is 0 Å². The Labute approximate surface area is 94.1 Å². The summed E-state index contributed by atoms with van der Waals surface area (Å²) < 4.78 is 0. The molecule has 82 valence electrons. The monoisotopic (exact) mass is 224 g/mol. The number of likely N-dealkylation sites (tertiary alicyclic amines) is 1. The van der Waals surface area contributed by atoms with Gasteiger partial charge < -0.3 is 10.2 Å². The van der Waals surface area contributed by atoms with Gasteiger partial charge in [0.2, 0.25) is 0 Å². The number of hydrogen-bond donors (Lipinski definition) is 1. The highest BCUT2D eigenvalue weighted by Gasteiger charge is 2.26. The van der Waals surface area contributed by atoms with E-state index in [1.54, 1.807) is 11.3 Å². The summed E-state index contributed by atoms with van der Waals surface area (Å²) in [6.07, 6.45) is 1.06. The van der Waals surface area contributed by atoms with Crippen molar-refractivity contribution < 1.29 is 4.79 Å². The number of thiophene rings is 1. The minimum absolute atomic E-state index is 0.186. The van der Waals surface area contributed by atoms with Crippen LogP contribution in [0, 0.1) is 6.92 Å². The number of likely N-dealkylation sites (N-methyl/N-ethyl adjacent to an activating group) is 1. The van der Waals surface area contributed by atoms with Crippen LogP contribution < -0.4 is 5.32 Å². The van der Waals surface area contributed by atoms with Crippen molar-refractivity contribution >= 4 is 17.2 Å². The van der Waals surface area contributed by atoms with Gasteiger partial charge in [-0.25, -0.2) is 0 Å². The fourth-order valence-electron chi connectivity index (χ4n) is 1.89. The first-order chi connectivity index (χ1) is 7.20. The Kier molecular flexibility index (Phi) is 3.07. The molecule has 0 spiro atoms. The lowest BCUT2D eigenvalue weighted by Crippen LogP contribution is -2.33. The molecule has 1 aromatic heterocycles. The Balaban J connectivity index is 2.03. The van der Waals surface area contributed by atoms with Gasteiger partial charge in [0.05, 0.1) is 4.88 Å². The van der Waals surface area contributed by atoms with E-state index in [0.717, 1.165) is 24.4 Å². The molecule has 0 saturated carbocycles. The van der Waals surface area contributed by atoms with Crippen molar-refractivity contribution in [2.24, 2.45) is 0 Å². The number of nitrogens with zero attached hydrogens (tertiary/aromatic N) is 1. The SMILES string of the molecule is CNC1CCN(C(=O)c2ccc(C)s2)C1. The number of hydrogen-bond acceptors (Lipinski definition) is 3. The van der Waals surface area contributed by atoms with Gasteiger partial charge in [-0.05, 0) is 32.5 Å². The van der Waals surface area contributed by atoms with Gasteiger partial charge in [-0.1, -0.05) is 0 Å². The molecule has 0 aromatic carbocycles. The zero-order chi connectivity index (χ0) is 10.8. The van der Waals surface area contributed by atoms with Gasteiger partial charge in [0, 0.05) is 24.0 Å². The molecule has 1 N–H and O–H groups in total. The summed E-state index contributed by atoms with van der Waals surface area (Å²) in [5, 5.41) is 3.21. The molecule has 1 aliphatic rings. The first kappa shape index (κ1) is 10.6. The molecule has 0 radical (unpaired) electrons. The van der Waals surface area contributed by atoms with E-state index < -0.39 is 0 Å². The summed E-state index contributed by atoms with van der Waals surface area (Å²) in [6.45, 7) is 3.75. The quantitative estimate of drug-likeness (QED) is 0.825. The van der Waals surface area contributed by atoms with Crippen LogP contribution in [0.15, 0.2) is 12.1 Å². The molecule has 1 atom stereocenters. The summed E-state index contributed by atoms with van der Waals surface area (Å²) in [4.78, 5) is 16.0. The second-order valence-electron chi connectivity index (χ2n) is 3.94. The summed E-state index contributed by atoms with van der Waals surface area (Å²) >= 11 is 1.58. The van der Waals surface area contributed by atoms with Crippen LogP contribution in [0.25, 0.3) is 0 Å². The average Bonchev–Trinajstić information content (AvgIpc) is 2.84. The molecule has 1 aliphatic heterocycles. The number of aryl methyl sites for hydroxylation is 1. The molecule has 1 amide bonds. The Morgan fingerprint density at radius 1 is 1.60 bits per heavy atom. The Hall–Kier alpha value is -0.870. The van der Waals surface area contributed by atoms with Crippen molar-refractivity contribution in [1.29, 1.82) is 0 Å². The van der Waals surface area contributed by atoms with Gasteiger partial charge >= 0.3 is 0 Å². The van der Waals surface area contributed by atoms with Crippen LogP contribution in [0.5, 0.6) is 0 Å². The summed E-state index contributed by atoms with van der Waals surface area (Å²) in [7, 11) is 1.95. The van der Waals surface area contributed by atoms with Crippen LogP contribution >= 0.6 is 11.3 Å². The topological polar surface area (TPSA) is 32.3 Å². The smallest absolute Gasteiger partial charge is 0.263 e. The van der Waals surface area contributed by atoms with Crippen LogP contribution in [0.2, 0.25) is 0 Å². The summed E-state index contributed by atoms with van der Waals surface area (Å²) in [6, 6.07) is 4.40. The zero-order valence-electron chi connectivity index (χ0n) is 9.12. The van der Waals surface area contributed by atoms with Gasteiger partial charge in [-0.3, -0.25) is 4.79 Å². The van der Waals surface area contributed by atoms with E-state index >= 15 is 0 Å². The van der Waals surface area contributed by atoms with Gasteiger partial charge in [-0.15, -0.1) is 11.3 Å². The van der Waals surface area contributed by atoms with Crippen LogP contribution in [0.1, 0.15) is 21.0 Å². The largest absolute Gasteiger partial charge is 0.336 e. The molecular formula is C11H16N2OS. The summed E-state index contributed by atoms with van der Waals surface area (Å²) in [5.41, 5.74) is 0. The van der Waals surface area contributed by atoms with E-state index in [4.69, 9.17) is 0 Å². The maximum atomic E-state index is 12.0. The molecule has 1 saturated heterocycles. The predicted octanol–water partition coefficient (Wildman–Crippen LogP) is 1.49. The Morgan fingerprint density at radius 2 is 2.40 bits per heavy atom. The van der Waals surface area contributed by atoms with Crippen molar-refractivity contribution in [3.63, 3.8) is 0 Å². The van der Waals surface area contributed by atoms with Crippen LogP contribution in [0.3, 0.4) is 0 Å². The van der Waals surface area contributed by atoms with E-state index in [1.165, 1.54) is 4.88 Å². The number of carbonyl (C=O) groups is 1. The van der Waals surface area contributed by atoms with E-state index in [-0.39, 0.29) is 5.91 Å². The van der Waals surface area contributed by atoms with Gasteiger partial charge in [0.15, 0.2) is 0 Å². The number of amides is 1. The van der Waals surface area contributed by atoms with Crippen molar-refractivity contribution in [1.82, 2.24) is 10.2 Å². The minimum Gasteiger partial charge on any atom is -0.336 e. The highest BCUT2D eigenvalue weighted by atomic mass is 32.1. The van der Waals surface area contributed by atoms with Crippen molar-refractivity contribution in [3.05, 3.63) is 21.9 Å². The maximum Gasteiger partial charge on any atom is 0.263 e. The third-order valence-corrected chi connectivity index (χ3v) is 3.82. The standard InChI is InChI=1S/C11H16N2OS/c1-8-3-4-10(15-8)11(14)13-6-5-9(7-13)12-2/h3-4,9,12H,5-7H2,1-2H3. The third kappa shape index (κ3) is 2.21. The average molecular weight is 224 g/mol. The maximum absolute atomic E-state index is 12.0. The fraction of sp³-hybridized carbons (Fsp3) is 0.545. The van der Waals surface area contributed by atoms with Crippen LogP contribution in [-0.4, -0.2) is 37.0 Å². The molecule has 3 nitrogen and oxygen atoms in total. The molecule has 0 aliphatic carbocycles. The van der Waals surface area contributed by atoms with E-state index in [1.807, 2.05) is 31.0 Å². The minimum atomic E-state index is 0.186. The molecule has 2 heterocycles. The molecule has 1 aromatic rings. The van der Waals surface area contributed by atoms with Gasteiger partial charge in [0.25, 0.3) is 5.91 Å². The predicted molar refractivity (Wildman–Crippen MR) is 62.4 cm³/mol. The van der Waals surface area contributed by atoms with E-state index in [9.17, 15) is 4.79 Å². The molecule has 4 heteroatoms. The molecule has 2 rings (SSSR count). The second kappa shape index (κ2) is 4.33. The Bertz CT molecular complexity index is 361. The fourth-order valence-corrected chi connectivity index (χ4v) is 2.72. The highest BCUT2D eigenvalue weighted by Crippen LogP contribution is 2.19. The number of carbonyl (C=O) groups excluding carboxylic acids is 1. The van der Waals surface area contributed by atoms with E-state index in [0.29, 0.717) is 6.04 Å². The lowest BCUT2D eigenvalue weighted by Gasteiger charge is -2.15. The first-order valence-corrected chi connectivity index (χ1v) is 6.05. The van der Waals surface area contributed by atoms with Crippen molar-refractivity contribution in [2.75, 3.05) is 20.1 Å². The van der Waals surface area contributed by atoms with Gasteiger partial charge in [-0.2, -0.15) is 0 Å². The highest BCUT2D eigenvalue weighted by molar-refractivity contribution is 7.13. The zero-order valence-corrected chi connectivity index (χ0v) is 9.93. The van der Waals surface area contributed by atoms with Crippen molar-refractivity contribution in [3.8, 4) is 0 Å². The first-order valence-electron chi connectivity index (χ1n) is 5.23. The molecule has 15 heavy (non-hydrogen) atoms. The molecule has 1 fully saturated rings. The second-order valence-corrected chi connectivity index (χ2v) is 5.22. The third-order valence-electron chi connectivity index (χ3n) is 2.83. The van der Waals surface area contributed by atoms with Gasteiger partial charge in [0.1, 0.15) is 0 Å². The number of rotatable bonds is 2. The number of nitrogens with one attached hydrogen (secondary N) is 1. The van der Waals surface area contributed by atoms with Crippen molar-refractivity contribution in [2.45, 2.75) is 19.4 Å². The molecule has 1 unspecified atom stereocenters. The molecule has 0 bridgehead atoms. The normalized spacial score (nSPS) is 20.9.